The molecule has 0 aliphatic heterocycles. The number of nitrogens with one attached hydrogen (secondary N) is 1. The Labute approximate surface area is 104 Å². The molecule has 5 heteroatoms. The van der Waals surface area contributed by atoms with Gasteiger partial charge < -0.3 is 9.73 Å². The molecule has 5 nitrogen and oxygen atoms in total. The fraction of sp³-hybridized carbons (Fsp3) is 0.308. The van der Waals surface area contributed by atoms with E-state index in [4.69, 9.17) is 9.68 Å². The molecule has 0 spiro atoms. The van der Waals surface area contributed by atoms with E-state index in [0.29, 0.717) is 12.1 Å². The van der Waals surface area contributed by atoms with E-state index < -0.39 is 5.41 Å². The van der Waals surface area contributed by atoms with Gasteiger partial charge in [0, 0.05) is 6.54 Å². The Morgan fingerprint density at radius 3 is 3.06 bits per heavy atom. The standard InChI is InChI=1S/C13H13N3O2/c1-13(2,7-14)12(17)15-6-9-3-4-10-11(5-9)18-8-16-10/h3-5,8H,6H2,1-2H3,(H,15,17). The molecule has 1 amide bonds. The molecule has 0 radical (unpaired) electrons. The summed E-state index contributed by atoms with van der Waals surface area (Å²) >= 11 is 0. The number of carbonyl (C=O) groups is 1. The highest BCUT2D eigenvalue weighted by atomic mass is 16.3. The van der Waals surface area contributed by atoms with Crippen LogP contribution in [0.2, 0.25) is 0 Å². The minimum atomic E-state index is -1.02. The van der Waals surface area contributed by atoms with E-state index >= 15 is 0 Å². The second-order valence-corrected chi connectivity index (χ2v) is 4.57. The van der Waals surface area contributed by atoms with Gasteiger partial charge >= 0.3 is 0 Å². The summed E-state index contributed by atoms with van der Waals surface area (Å²) < 4.78 is 5.18. The second kappa shape index (κ2) is 4.49. The Morgan fingerprint density at radius 1 is 1.56 bits per heavy atom. The Kier molecular flexibility index (Phi) is 3.02. The van der Waals surface area contributed by atoms with Crippen molar-refractivity contribution in [3.63, 3.8) is 0 Å². The van der Waals surface area contributed by atoms with Crippen molar-refractivity contribution in [1.82, 2.24) is 10.3 Å². The highest BCUT2D eigenvalue weighted by Crippen LogP contribution is 2.16. The van der Waals surface area contributed by atoms with Crippen molar-refractivity contribution >= 4 is 17.0 Å². The van der Waals surface area contributed by atoms with Crippen molar-refractivity contribution in [2.75, 3.05) is 0 Å². The molecule has 0 aliphatic rings. The van der Waals surface area contributed by atoms with E-state index in [9.17, 15) is 4.79 Å². The molecule has 92 valence electrons. The lowest BCUT2D eigenvalue weighted by molar-refractivity contribution is -0.126. The maximum Gasteiger partial charge on any atom is 0.240 e. The SMILES string of the molecule is CC(C)(C#N)C(=O)NCc1ccc2ncoc2c1. The molecule has 0 bridgehead atoms. The zero-order chi connectivity index (χ0) is 13.2. The van der Waals surface area contributed by atoms with Crippen LogP contribution in [0, 0.1) is 16.7 Å². The van der Waals surface area contributed by atoms with Crippen molar-refractivity contribution in [3.05, 3.63) is 30.2 Å². The largest absolute Gasteiger partial charge is 0.443 e. The maximum absolute atomic E-state index is 11.7. The maximum atomic E-state index is 11.7. The third kappa shape index (κ3) is 2.33. The van der Waals surface area contributed by atoms with Crippen LogP contribution in [0.25, 0.3) is 11.1 Å². The van der Waals surface area contributed by atoms with Crippen molar-refractivity contribution in [3.8, 4) is 6.07 Å². The fourth-order valence-corrected chi connectivity index (χ4v) is 1.46. The van der Waals surface area contributed by atoms with Crippen LogP contribution in [0.4, 0.5) is 0 Å². The molecule has 1 aromatic heterocycles. The molecule has 18 heavy (non-hydrogen) atoms. The Morgan fingerprint density at radius 2 is 2.33 bits per heavy atom. The van der Waals surface area contributed by atoms with E-state index in [0.717, 1.165) is 11.1 Å². The van der Waals surface area contributed by atoms with E-state index in [-0.39, 0.29) is 5.91 Å². The van der Waals surface area contributed by atoms with Gasteiger partial charge in [-0.05, 0) is 31.5 Å². The summed E-state index contributed by atoms with van der Waals surface area (Å²) in [7, 11) is 0. The minimum Gasteiger partial charge on any atom is -0.443 e. The molecule has 1 heterocycles. The van der Waals surface area contributed by atoms with Crippen molar-refractivity contribution in [1.29, 1.82) is 5.26 Å². The van der Waals surface area contributed by atoms with E-state index in [1.807, 2.05) is 24.3 Å². The average molecular weight is 243 g/mol. The first kappa shape index (κ1) is 12.1. The number of amides is 1. The molecule has 0 fully saturated rings. The predicted molar refractivity (Wildman–Crippen MR) is 65.2 cm³/mol. The molecular weight excluding hydrogens is 230 g/mol. The third-order valence-corrected chi connectivity index (χ3v) is 2.70. The fourth-order valence-electron chi connectivity index (χ4n) is 1.46. The topological polar surface area (TPSA) is 78.9 Å². The summed E-state index contributed by atoms with van der Waals surface area (Å²) in [6, 6.07) is 7.48. The molecule has 1 aromatic carbocycles. The van der Waals surface area contributed by atoms with Crippen LogP contribution in [0.1, 0.15) is 19.4 Å². The lowest BCUT2D eigenvalue weighted by Gasteiger charge is -2.14. The van der Waals surface area contributed by atoms with Gasteiger partial charge in [-0.25, -0.2) is 4.98 Å². The summed E-state index contributed by atoms with van der Waals surface area (Å²) in [4.78, 5) is 15.7. The molecule has 0 saturated heterocycles. The molecule has 2 aromatic rings. The summed E-state index contributed by atoms with van der Waals surface area (Å²) in [5.41, 5.74) is 1.35. The zero-order valence-corrected chi connectivity index (χ0v) is 10.2. The smallest absolute Gasteiger partial charge is 0.240 e. The van der Waals surface area contributed by atoms with E-state index in [2.05, 4.69) is 10.3 Å². The first-order chi connectivity index (χ1) is 8.53. The summed E-state index contributed by atoms with van der Waals surface area (Å²) in [6.45, 7) is 3.53. The number of hydrogen-bond donors (Lipinski definition) is 1. The third-order valence-electron chi connectivity index (χ3n) is 2.70. The van der Waals surface area contributed by atoms with Gasteiger partial charge in [-0.15, -0.1) is 0 Å². The molecule has 0 aliphatic carbocycles. The van der Waals surface area contributed by atoms with Gasteiger partial charge in [0.05, 0.1) is 6.07 Å². The van der Waals surface area contributed by atoms with Crippen LogP contribution in [0.15, 0.2) is 29.0 Å². The quantitative estimate of drug-likeness (QED) is 0.894. The Balaban J connectivity index is 2.06. The first-order valence-electron chi connectivity index (χ1n) is 5.54. The monoisotopic (exact) mass is 243 g/mol. The van der Waals surface area contributed by atoms with Gasteiger partial charge in [0.25, 0.3) is 0 Å². The lowest BCUT2D eigenvalue weighted by Crippen LogP contribution is -2.35. The number of hydrogen-bond acceptors (Lipinski definition) is 4. The van der Waals surface area contributed by atoms with Crippen LogP contribution in [0.5, 0.6) is 0 Å². The van der Waals surface area contributed by atoms with Gasteiger partial charge in [-0.2, -0.15) is 5.26 Å². The van der Waals surface area contributed by atoms with Crippen molar-refractivity contribution in [2.24, 2.45) is 5.41 Å². The van der Waals surface area contributed by atoms with Gasteiger partial charge in [0.15, 0.2) is 12.0 Å². The van der Waals surface area contributed by atoms with Crippen molar-refractivity contribution < 1.29 is 9.21 Å². The van der Waals surface area contributed by atoms with Crippen LogP contribution in [-0.2, 0) is 11.3 Å². The van der Waals surface area contributed by atoms with Gasteiger partial charge in [0.1, 0.15) is 10.9 Å². The average Bonchev–Trinajstić information content (AvgIpc) is 2.83. The normalized spacial score (nSPS) is 11.2. The van der Waals surface area contributed by atoms with Gasteiger partial charge in [-0.3, -0.25) is 4.79 Å². The second-order valence-electron chi connectivity index (χ2n) is 4.57. The summed E-state index contributed by atoms with van der Waals surface area (Å²) in [5, 5.41) is 11.6. The van der Waals surface area contributed by atoms with Gasteiger partial charge in [-0.1, -0.05) is 6.07 Å². The van der Waals surface area contributed by atoms with E-state index in [1.54, 1.807) is 13.8 Å². The predicted octanol–water partition coefficient (Wildman–Crippen LogP) is 1.99. The highest BCUT2D eigenvalue weighted by molar-refractivity contribution is 5.84. The zero-order valence-electron chi connectivity index (χ0n) is 10.2. The lowest BCUT2D eigenvalue weighted by atomic mass is 9.95. The molecule has 1 N–H and O–H groups in total. The number of nitriles is 1. The number of rotatable bonds is 3. The van der Waals surface area contributed by atoms with Crippen LogP contribution in [0.3, 0.4) is 0 Å². The number of nitrogens with zero attached hydrogens (tertiary/aromatic N) is 2. The van der Waals surface area contributed by atoms with Crippen LogP contribution >= 0.6 is 0 Å². The highest BCUT2D eigenvalue weighted by Gasteiger charge is 2.26. The molecule has 0 saturated carbocycles. The number of fused-ring (bicyclic) bond motifs is 1. The first-order valence-corrected chi connectivity index (χ1v) is 5.54. The number of benzene rings is 1. The van der Waals surface area contributed by atoms with Crippen LogP contribution < -0.4 is 5.32 Å². The Hall–Kier alpha value is -2.35. The van der Waals surface area contributed by atoms with Crippen molar-refractivity contribution in [2.45, 2.75) is 20.4 Å². The number of carbonyl (C=O) groups excluding carboxylic acids is 1. The Bertz CT molecular complexity index is 622. The summed E-state index contributed by atoms with van der Waals surface area (Å²) in [5.74, 6) is -0.289. The number of aromatic nitrogens is 1. The summed E-state index contributed by atoms with van der Waals surface area (Å²) in [6.07, 6.45) is 1.38. The number of oxazole rings is 1. The molecular formula is C13H13N3O2. The van der Waals surface area contributed by atoms with Gasteiger partial charge in [0.2, 0.25) is 5.91 Å². The molecule has 2 rings (SSSR count). The minimum absolute atomic E-state index is 0.289. The van der Waals surface area contributed by atoms with Crippen LogP contribution in [-0.4, -0.2) is 10.9 Å². The molecule has 0 unspecified atom stereocenters. The molecule has 0 atom stereocenters. The van der Waals surface area contributed by atoms with E-state index in [1.165, 1.54) is 6.39 Å².